The van der Waals surface area contributed by atoms with Crippen molar-refractivity contribution in [3.8, 4) is 0 Å². The fourth-order valence-electron chi connectivity index (χ4n) is 2.55. The number of fused-ring (bicyclic) bond motifs is 1. The van der Waals surface area contributed by atoms with Gasteiger partial charge in [0, 0.05) is 6.04 Å². The first kappa shape index (κ1) is 10.2. The molecule has 2 heterocycles. The number of hydrogen-bond acceptors (Lipinski definition) is 2. The number of ether oxygens (including phenoxy) is 1. The van der Waals surface area contributed by atoms with E-state index >= 15 is 0 Å². The molecule has 2 heteroatoms. The lowest BCUT2D eigenvalue weighted by molar-refractivity contribution is 0.276. The van der Waals surface area contributed by atoms with Gasteiger partial charge in [-0.3, -0.25) is 0 Å². The van der Waals surface area contributed by atoms with Crippen LogP contribution in [0.1, 0.15) is 39.5 Å². The van der Waals surface area contributed by atoms with Gasteiger partial charge in [0.2, 0.25) is 0 Å². The highest BCUT2D eigenvalue weighted by molar-refractivity contribution is 5.05. The average molecular weight is 195 g/mol. The molecule has 0 aromatic carbocycles. The molecule has 2 aliphatic rings. The molecule has 3 atom stereocenters. The van der Waals surface area contributed by atoms with Gasteiger partial charge in [-0.2, -0.15) is 0 Å². The van der Waals surface area contributed by atoms with E-state index in [0.717, 1.165) is 19.4 Å². The van der Waals surface area contributed by atoms with Crippen molar-refractivity contribution in [1.82, 2.24) is 5.32 Å². The second-order valence-corrected chi connectivity index (χ2v) is 5.08. The number of hydrogen-bond donors (Lipinski definition) is 1. The lowest BCUT2D eigenvalue weighted by atomic mass is 9.91. The summed E-state index contributed by atoms with van der Waals surface area (Å²) in [6, 6.07) is 0.572. The highest BCUT2D eigenvalue weighted by Crippen LogP contribution is 2.44. The number of rotatable bonds is 2. The Morgan fingerprint density at radius 2 is 2.43 bits per heavy atom. The van der Waals surface area contributed by atoms with Crippen LogP contribution >= 0.6 is 0 Å². The van der Waals surface area contributed by atoms with E-state index in [2.05, 4.69) is 25.7 Å². The quantitative estimate of drug-likeness (QED) is 0.540. The van der Waals surface area contributed by atoms with E-state index in [1.54, 1.807) is 0 Å². The van der Waals surface area contributed by atoms with Gasteiger partial charge in [0.05, 0.1) is 11.7 Å². The molecular weight excluding hydrogens is 174 g/mol. The first-order valence-electron chi connectivity index (χ1n) is 5.66. The van der Waals surface area contributed by atoms with Crippen LogP contribution < -0.4 is 5.32 Å². The number of nitrogens with one attached hydrogen (secondary N) is 1. The Morgan fingerprint density at radius 3 is 3.14 bits per heavy atom. The van der Waals surface area contributed by atoms with Gasteiger partial charge in [-0.15, -0.1) is 6.58 Å². The minimum Gasteiger partial charge on any atom is -0.366 e. The predicted molar refractivity (Wildman–Crippen MR) is 58.4 cm³/mol. The third-order valence-corrected chi connectivity index (χ3v) is 3.36. The first-order chi connectivity index (χ1) is 6.60. The topological polar surface area (TPSA) is 24.6 Å². The molecular formula is C12H21NO. The van der Waals surface area contributed by atoms with E-state index in [9.17, 15) is 0 Å². The van der Waals surface area contributed by atoms with Crippen LogP contribution in [0.25, 0.3) is 0 Å². The highest BCUT2D eigenvalue weighted by Gasteiger charge is 2.52. The van der Waals surface area contributed by atoms with E-state index in [-0.39, 0.29) is 5.60 Å². The van der Waals surface area contributed by atoms with Crippen molar-refractivity contribution < 1.29 is 4.74 Å². The summed E-state index contributed by atoms with van der Waals surface area (Å²) in [6.07, 6.45) is 5.24. The van der Waals surface area contributed by atoms with Gasteiger partial charge in [0.25, 0.3) is 0 Å². The van der Waals surface area contributed by atoms with Crippen LogP contribution in [0.3, 0.4) is 0 Å². The summed E-state index contributed by atoms with van der Waals surface area (Å²) in [4.78, 5) is 0. The molecule has 0 aromatic heterocycles. The Labute approximate surface area is 86.7 Å². The third-order valence-electron chi connectivity index (χ3n) is 3.36. The largest absolute Gasteiger partial charge is 0.366 e. The summed E-state index contributed by atoms with van der Waals surface area (Å²) in [5.41, 5.74) is 1.44. The van der Waals surface area contributed by atoms with Crippen molar-refractivity contribution in [3.05, 3.63) is 12.2 Å². The summed E-state index contributed by atoms with van der Waals surface area (Å²) < 4.78 is 5.77. The normalized spacial score (nSPS) is 42.1. The van der Waals surface area contributed by atoms with Crippen molar-refractivity contribution in [2.45, 2.75) is 57.3 Å². The second kappa shape index (κ2) is 3.67. The molecule has 1 N–H and O–H groups in total. The maximum atomic E-state index is 5.77. The first-order valence-corrected chi connectivity index (χ1v) is 5.66. The van der Waals surface area contributed by atoms with Crippen molar-refractivity contribution >= 4 is 0 Å². The van der Waals surface area contributed by atoms with E-state index in [1.807, 2.05) is 0 Å². The Morgan fingerprint density at radius 1 is 1.64 bits per heavy atom. The van der Waals surface area contributed by atoms with Crippen LogP contribution in [0.4, 0.5) is 0 Å². The zero-order valence-electron chi connectivity index (χ0n) is 9.31. The molecule has 14 heavy (non-hydrogen) atoms. The summed E-state index contributed by atoms with van der Waals surface area (Å²) in [7, 11) is 0. The van der Waals surface area contributed by atoms with Crippen LogP contribution in [0, 0.1) is 0 Å². The van der Waals surface area contributed by atoms with Crippen LogP contribution in [-0.2, 0) is 4.74 Å². The lowest BCUT2D eigenvalue weighted by Gasteiger charge is -2.23. The molecule has 2 fully saturated rings. The molecule has 0 radical (unpaired) electrons. The molecule has 80 valence electrons. The Kier molecular flexibility index (Phi) is 2.67. The van der Waals surface area contributed by atoms with Crippen LogP contribution in [0.2, 0.25) is 0 Å². The Bertz CT molecular complexity index is 238. The monoisotopic (exact) mass is 195 g/mol. The van der Waals surface area contributed by atoms with Crippen LogP contribution in [-0.4, -0.2) is 24.3 Å². The second-order valence-electron chi connectivity index (χ2n) is 5.08. The lowest BCUT2D eigenvalue weighted by Crippen LogP contribution is -2.36. The van der Waals surface area contributed by atoms with Gasteiger partial charge in [0.15, 0.2) is 0 Å². The fraction of sp³-hybridized carbons (Fsp3) is 0.833. The predicted octanol–water partition coefficient (Wildman–Crippen LogP) is 2.25. The van der Waals surface area contributed by atoms with Gasteiger partial charge >= 0.3 is 0 Å². The number of epoxide rings is 1. The molecule has 2 saturated heterocycles. The van der Waals surface area contributed by atoms with E-state index in [4.69, 9.17) is 4.74 Å². The molecule has 2 nitrogen and oxygen atoms in total. The van der Waals surface area contributed by atoms with Gasteiger partial charge in [-0.1, -0.05) is 5.57 Å². The Balaban J connectivity index is 1.93. The van der Waals surface area contributed by atoms with Gasteiger partial charge < -0.3 is 10.1 Å². The SMILES string of the molecule is C=C(C)CC1CC2(C)OC2CCCN1. The maximum Gasteiger partial charge on any atom is 0.0935 e. The van der Waals surface area contributed by atoms with Gasteiger partial charge in [-0.05, 0) is 46.1 Å². The minimum atomic E-state index is 0.174. The third kappa shape index (κ3) is 2.18. The van der Waals surface area contributed by atoms with Crippen molar-refractivity contribution in [1.29, 1.82) is 0 Å². The van der Waals surface area contributed by atoms with Crippen molar-refractivity contribution in [2.24, 2.45) is 0 Å². The molecule has 3 unspecified atom stereocenters. The minimum absolute atomic E-state index is 0.174. The van der Waals surface area contributed by atoms with Crippen LogP contribution in [0.15, 0.2) is 12.2 Å². The zero-order chi connectivity index (χ0) is 10.2. The highest BCUT2D eigenvalue weighted by atomic mass is 16.6. The smallest absolute Gasteiger partial charge is 0.0935 e. The maximum absolute atomic E-state index is 5.77. The van der Waals surface area contributed by atoms with Gasteiger partial charge in [0.1, 0.15) is 0 Å². The standard InChI is InChI=1S/C12H21NO/c1-9(2)7-10-8-12(3)11(14-12)5-4-6-13-10/h10-11,13H,1,4-8H2,2-3H3. The van der Waals surface area contributed by atoms with Crippen molar-refractivity contribution in [3.63, 3.8) is 0 Å². The molecule has 0 bridgehead atoms. The molecule has 2 aliphatic heterocycles. The molecule has 0 aromatic rings. The van der Waals surface area contributed by atoms with E-state index < -0.39 is 0 Å². The van der Waals surface area contributed by atoms with E-state index in [1.165, 1.54) is 18.4 Å². The zero-order valence-corrected chi connectivity index (χ0v) is 9.31. The molecule has 0 aliphatic carbocycles. The molecule has 0 saturated carbocycles. The van der Waals surface area contributed by atoms with Crippen molar-refractivity contribution in [2.75, 3.05) is 6.54 Å². The average Bonchev–Trinajstić information content (AvgIpc) is 2.64. The van der Waals surface area contributed by atoms with E-state index in [0.29, 0.717) is 12.1 Å². The summed E-state index contributed by atoms with van der Waals surface area (Å²) in [5, 5.41) is 3.59. The molecule has 0 spiro atoms. The fourth-order valence-corrected chi connectivity index (χ4v) is 2.55. The van der Waals surface area contributed by atoms with Crippen LogP contribution in [0.5, 0.6) is 0 Å². The summed E-state index contributed by atoms with van der Waals surface area (Å²) >= 11 is 0. The molecule has 0 amide bonds. The Hall–Kier alpha value is -0.340. The summed E-state index contributed by atoms with van der Waals surface area (Å²) in [5.74, 6) is 0. The van der Waals surface area contributed by atoms with Gasteiger partial charge in [-0.25, -0.2) is 0 Å². The summed E-state index contributed by atoms with van der Waals surface area (Å²) in [6.45, 7) is 9.47. The molecule has 2 rings (SSSR count).